The Balaban J connectivity index is 2.56. The van der Waals surface area contributed by atoms with E-state index in [1.165, 1.54) is 18.2 Å². The molecule has 1 aromatic heterocycles. The molecule has 4 nitrogen and oxygen atoms in total. The molecule has 1 heterocycles. The maximum atomic E-state index is 12.3. The van der Waals surface area contributed by atoms with Crippen LogP contribution in [0.25, 0.3) is 10.4 Å². The van der Waals surface area contributed by atoms with E-state index in [2.05, 4.69) is 25.7 Å². The molecule has 0 aliphatic carbocycles. The van der Waals surface area contributed by atoms with Crippen molar-refractivity contribution < 1.29 is 27.8 Å². The lowest BCUT2D eigenvalue weighted by Gasteiger charge is -2.12. The highest BCUT2D eigenvalue weighted by molar-refractivity contribution is 9.11. The molecule has 2 rings (SSSR count). The van der Waals surface area contributed by atoms with Crippen LogP contribution >= 0.6 is 27.3 Å². The quantitative estimate of drug-likeness (QED) is 0.884. The first-order valence-electron chi connectivity index (χ1n) is 5.02. The van der Waals surface area contributed by atoms with Crippen LogP contribution in [0.2, 0.25) is 0 Å². The Morgan fingerprint density at radius 2 is 2.00 bits per heavy atom. The minimum atomic E-state index is -4.86. The zero-order chi connectivity index (χ0) is 14.9. The van der Waals surface area contributed by atoms with E-state index < -0.39 is 18.1 Å². The molecule has 0 aliphatic heterocycles. The van der Waals surface area contributed by atoms with Gasteiger partial charge in [0.05, 0.1) is 4.88 Å². The summed E-state index contributed by atoms with van der Waals surface area (Å²) in [7, 11) is 0. The first-order valence-corrected chi connectivity index (χ1v) is 6.63. The second-order valence-electron chi connectivity index (χ2n) is 3.49. The number of thiazole rings is 1. The van der Waals surface area contributed by atoms with Crippen molar-refractivity contribution in [2.75, 3.05) is 0 Å². The minimum Gasteiger partial charge on any atom is -0.476 e. The molecule has 1 N–H and O–H groups in total. The fourth-order valence-electron chi connectivity index (χ4n) is 1.49. The Bertz CT molecular complexity index is 657. The number of alkyl halides is 3. The number of carbonyl (C=O) groups is 1. The smallest absolute Gasteiger partial charge is 0.476 e. The van der Waals surface area contributed by atoms with Crippen LogP contribution < -0.4 is 4.74 Å². The maximum absolute atomic E-state index is 12.3. The molecule has 0 amide bonds. The van der Waals surface area contributed by atoms with Gasteiger partial charge in [-0.2, -0.15) is 0 Å². The topological polar surface area (TPSA) is 59.4 Å². The summed E-state index contributed by atoms with van der Waals surface area (Å²) in [5, 5.41) is 9.02. The number of halogens is 4. The summed E-state index contributed by atoms with van der Waals surface area (Å²) in [5.41, 5.74) is -0.314. The van der Waals surface area contributed by atoms with E-state index in [0.717, 1.165) is 17.4 Å². The molecule has 9 heteroatoms. The Morgan fingerprint density at radius 3 is 2.60 bits per heavy atom. The largest absolute Gasteiger partial charge is 0.573 e. The second kappa shape index (κ2) is 5.41. The summed E-state index contributed by atoms with van der Waals surface area (Å²) < 4.78 is 41.2. The highest BCUT2D eigenvalue weighted by Gasteiger charge is 2.33. The van der Waals surface area contributed by atoms with Gasteiger partial charge in [0.25, 0.3) is 0 Å². The predicted octanol–water partition coefficient (Wildman–Crippen LogP) is 4.17. The fraction of sp³-hybridized carbons (Fsp3) is 0.0909. The average Bonchev–Trinajstić information content (AvgIpc) is 2.70. The number of hydrogen-bond acceptors (Lipinski definition) is 4. The molecular weight excluding hydrogens is 363 g/mol. The van der Waals surface area contributed by atoms with E-state index in [9.17, 15) is 18.0 Å². The van der Waals surface area contributed by atoms with Gasteiger partial charge in [-0.15, -0.1) is 24.5 Å². The first-order chi connectivity index (χ1) is 9.28. The summed E-state index contributed by atoms with van der Waals surface area (Å²) in [4.78, 5) is 14.9. The van der Waals surface area contributed by atoms with Crippen LogP contribution in [0, 0.1) is 0 Å². The van der Waals surface area contributed by atoms with Crippen molar-refractivity contribution in [2.45, 2.75) is 6.36 Å². The minimum absolute atomic E-state index is 0.0189. The molecule has 20 heavy (non-hydrogen) atoms. The molecular formula is C11H5BrF3NO3S. The van der Waals surface area contributed by atoms with E-state index in [4.69, 9.17) is 5.11 Å². The highest BCUT2D eigenvalue weighted by Crippen LogP contribution is 2.39. The van der Waals surface area contributed by atoms with Crippen LogP contribution in [0.4, 0.5) is 13.2 Å². The van der Waals surface area contributed by atoms with Crippen molar-refractivity contribution in [2.24, 2.45) is 0 Å². The molecule has 0 unspecified atom stereocenters. The first kappa shape index (κ1) is 14.8. The third kappa shape index (κ3) is 3.28. The predicted molar refractivity (Wildman–Crippen MR) is 68.9 cm³/mol. The van der Waals surface area contributed by atoms with E-state index >= 15 is 0 Å². The van der Waals surface area contributed by atoms with Crippen molar-refractivity contribution in [1.82, 2.24) is 4.98 Å². The number of aromatic nitrogens is 1. The summed E-state index contributed by atoms with van der Waals surface area (Å²) in [6.07, 6.45) is -4.86. The molecule has 2 aromatic rings. The molecule has 0 atom stereocenters. The number of aromatic carboxylic acids is 1. The second-order valence-corrected chi connectivity index (χ2v) is 5.77. The number of rotatable bonds is 3. The van der Waals surface area contributed by atoms with Crippen molar-refractivity contribution in [3.05, 3.63) is 33.9 Å². The Labute approximate surface area is 123 Å². The third-order valence-corrected chi connectivity index (χ3v) is 3.70. The van der Waals surface area contributed by atoms with Gasteiger partial charge in [0.1, 0.15) is 5.75 Å². The molecule has 0 saturated heterocycles. The molecule has 0 bridgehead atoms. The summed E-state index contributed by atoms with van der Waals surface area (Å²) in [6.45, 7) is 0. The molecule has 0 radical (unpaired) electrons. The van der Waals surface area contributed by atoms with E-state index in [0.29, 0.717) is 0 Å². The van der Waals surface area contributed by atoms with Crippen molar-refractivity contribution in [3.63, 3.8) is 0 Å². The van der Waals surface area contributed by atoms with Gasteiger partial charge in [0.2, 0.25) is 0 Å². The van der Waals surface area contributed by atoms with Gasteiger partial charge in [-0.25, -0.2) is 9.78 Å². The van der Waals surface area contributed by atoms with E-state index in [1.807, 2.05) is 0 Å². The van der Waals surface area contributed by atoms with Gasteiger partial charge in [-0.3, -0.25) is 0 Å². The zero-order valence-corrected chi connectivity index (χ0v) is 11.8. The van der Waals surface area contributed by atoms with Crippen molar-refractivity contribution in [3.8, 4) is 16.2 Å². The number of carboxylic acids is 1. The number of nitrogens with zero attached hydrogens (tertiary/aromatic N) is 1. The van der Waals surface area contributed by atoms with Crippen LogP contribution in [-0.2, 0) is 0 Å². The molecule has 0 fully saturated rings. The summed E-state index contributed by atoms with van der Waals surface area (Å²) >= 11 is 3.93. The Hall–Kier alpha value is -1.61. The maximum Gasteiger partial charge on any atom is 0.573 e. The van der Waals surface area contributed by atoms with Gasteiger partial charge < -0.3 is 9.84 Å². The normalized spacial score (nSPS) is 11.4. The van der Waals surface area contributed by atoms with Crippen LogP contribution in [0.15, 0.2) is 28.2 Å². The van der Waals surface area contributed by atoms with E-state index in [-0.39, 0.29) is 20.1 Å². The fourth-order valence-corrected chi connectivity index (χ4v) is 2.97. The standard InChI is InChI=1S/C11H5BrF3NO3S/c12-10-16-7(9(17)18)8(20-10)5-3-1-2-4-6(5)19-11(13,14)15/h1-4H,(H,17,18). The van der Waals surface area contributed by atoms with Crippen molar-refractivity contribution in [1.29, 1.82) is 0 Å². The summed E-state index contributed by atoms with van der Waals surface area (Å²) in [5.74, 6) is -1.80. The third-order valence-electron chi connectivity index (χ3n) is 2.16. The number of carboxylic acid groups (broad SMARTS) is 1. The van der Waals surface area contributed by atoms with Crippen LogP contribution in [0.5, 0.6) is 5.75 Å². The average molecular weight is 368 g/mol. The highest BCUT2D eigenvalue weighted by atomic mass is 79.9. The Morgan fingerprint density at radius 1 is 1.35 bits per heavy atom. The SMILES string of the molecule is O=C(O)c1nc(Br)sc1-c1ccccc1OC(F)(F)F. The van der Waals surface area contributed by atoms with Crippen molar-refractivity contribution >= 4 is 33.2 Å². The van der Waals surface area contributed by atoms with Gasteiger partial charge in [-0.05, 0) is 28.1 Å². The molecule has 0 spiro atoms. The lowest BCUT2D eigenvalue weighted by Crippen LogP contribution is -2.17. The number of para-hydroxylation sites is 1. The molecule has 0 aliphatic rings. The van der Waals surface area contributed by atoms with Gasteiger partial charge in [0.15, 0.2) is 9.61 Å². The number of hydrogen-bond donors (Lipinski definition) is 1. The van der Waals surface area contributed by atoms with Gasteiger partial charge >= 0.3 is 12.3 Å². The number of ether oxygens (including phenoxy) is 1. The molecule has 1 aromatic carbocycles. The molecule has 106 valence electrons. The monoisotopic (exact) mass is 367 g/mol. The lowest BCUT2D eigenvalue weighted by molar-refractivity contribution is -0.274. The van der Waals surface area contributed by atoms with Gasteiger partial charge in [-0.1, -0.05) is 12.1 Å². The Kier molecular flexibility index (Phi) is 4.00. The van der Waals surface area contributed by atoms with E-state index in [1.54, 1.807) is 0 Å². The zero-order valence-electron chi connectivity index (χ0n) is 9.44. The summed E-state index contributed by atoms with van der Waals surface area (Å²) in [6, 6.07) is 5.30. The lowest BCUT2D eigenvalue weighted by atomic mass is 10.1. The van der Waals surface area contributed by atoms with Crippen LogP contribution in [-0.4, -0.2) is 22.4 Å². The molecule has 0 saturated carbocycles. The van der Waals surface area contributed by atoms with Crippen LogP contribution in [0.3, 0.4) is 0 Å². The van der Waals surface area contributed by atoms with Crippen LogP contribution in [0.1, 0.15) is 10.5 Å². The number of benzene rings is 1. The van der Waals surface area contributed by atoms with Gasteiger partial charge in [0, 0.05) is 5.56 Å².